The van der Waals surface area contributed by atoms with Gasteiger partial charge in [-0.1, -0.05) is 39.7 Å². The predicted molar refractivity (Wildman–Crippen MR) is 129 cm³/mol. The summed E-state index contributed by atoms with van der Waals surface area (Å²) >= 11 is 3.35. The molecule has 0 saturated carbocycles. The Hall–Kier alpha value is -3.17. The Morgan fingerprint density at radius 2 is 1.50 bits per heavy atom. The van der Waals surface area contributed by atoms with Crippen molar-refractivity contribution in [3.05, 3.63) is 82.8 Å². The van der Waals surface area contributed by atoms with Gasteiger partial charge in [0, 0.05) is 22.8 Å². The standard InChI is InChI=1S/C23H22BrN3O4S/c1-16-6-12-22(13-7-16)32(30,31)27(21-5-3-4-18(24)14-21)15-23(29)26-20-10-8-19(9-11-20)25-17(2)28/h3-14H,15H2,1-2H3,(H,25,28)(H,26,29). The van der Waals surface area contributed by atoms with Crippen molar-refractivity contribution < 1.29 is 18.0 Å². The summed E-state index contributed by atoms with van der Waals surface area (Å²) in [7, 11) is -3.99. The highest BCUT2D eigenvalue weighted by atomic mass is 79.9. The van der Waals surface area contributed by atoms with E-state index in [9.17, 15) is 18.0 Å². The Balaban J connectivity index is 1.86. The van der Waals surface area contributed by atoms with Crippen LogP contribution in [0.2, 0.25) is 0 Å². The smallest absolute Gasteiger partial charge is 0.264 e. The fourth-order valence-electron chi connectivity index (χ4n) is 2.95. The molecule has 9 heteroatoms. The van der Waals surface area contributed by atoms with Gasteiger partial charge in [0.05, 0.1) is 10.6 Å². The van der Waals surface area contributed by atoms with Crippen LogP contribution in [-0.4, -0.2) is 26.8 Å². The van der Waals surface area contributed by atoms with Crippen LogP contribution in [0.25, 0.3) is 0 Å². The van der Waals surface area contributed by atoms with Crippen LogP contribution in [0.1, 0.15) is 12.5 Å². The molecule has 166 valence electrons. The summed E-state index contributed by atoms with van der Waals surface area (Å²) in [6.45, 7) is 2.86. The van der Waals surface area contributed by atoms with Crippen LogP contribution in [0.5, 0.6) is 0 Å². The predicted octanol–water partition coefficient (Wildman–Crippen LogP) is 4.55. The molecule has 0 spiro atoms. The minimum Gasteiger partial charge on any atom is -0.326 e. The average molecular weight is 516 g/mol. The zero-order chi connectivity index (χ0) is 23.3. The molecule has 3 rings (SSSR count). The van der Waals surface area contributed by atoms with E-state index >= 15 is 0 Å². The molecule has 0 saturated heterocycles. The molecule has 0 unspecified atom stereocenters. The highest BCUT2D eigenvalue weighted by Crippen LogP contribution is 2.26. The van der Waals surface area contributed by atoms with E-state index in [1.54, 1.807) is 60.7 Å². The van der Waals surface area contributed by atoms with Crippen molar-refractivity contribution >= 4 is 54.8 Å². The quantitative estimate of drug-likeness (QED) is 0.482. The van der Waals surface area contributed by atoms with Gasteiger partial charge in [-0.2, -0.15) is 0 Å². The maximum absolute atomic E-state index is 13.4. The summed E-state index contributed by atoms with van der Waals surface area (Å²) in [6, 6.07) is 19.8. The van der Waals surface area contributed by atoms with E-state index in [-0.39, 0.29) is 10.8 Å². The number of benzene rings is 3. The maximum Gasteiger partial charge on any atom is 0.264 e. The lowest BCUT2D eigenvalue weighted by molar-refractivity contribution is -0.115. The second-order valence-corrected chi connectivity index (χ2v) is 9.89. The van der Waals surface area contributed by atoms with Gasteiger partial charge in [0.15, 0.2) is 0 Å². The van der Waals surface area contributed by atoms with Crippen molar-refractivity contribution in [1.29, 1.82) is 0 Å². The summed E-state index contributed by atoms with van der Waals surface area (Å²) < 4.78 is 28.5. The maximum atomic E-state index is 13.4. The lowest BCUT2D eigenvalue weighted by Crippen LogP contribution is -2.38. The molecule has 7 nitrogen and oxygen atoms in total. The van der Waals surface area contributed by atoms with Crippen LogP contribution in [0.3, 0.4) is 0 Å². The number of hydrogen-bond acceptors (Lipinski definition) is 4. The van der Waals surface area contributed by atoms with E-state index in [1.807, 2.05) is 6.92 Å². The molecular formula is C23H22BrN3O4S. The van der Waals surface area contributed by atoms with Crippen molar-refractivity contribution in [2.75, 3.05) is 21.5 Å². The third-order valence-corrected chi connectivity index (χ3v) is 6.76. The Labute approximate surface area is 195 Å². The van der Waals surface area contributed by atoms with E-state index in [0.717, 1.165) is 9.87 Å². The van der Waals surface area contributed by atoms with Crippen LogP contribution in [0.4, 0.5) is 17.1 Å². The number of rotatable bonds is 7. The molecule has 2 amide bonds. The van der Waals surface area contributed by atoms with Crippen molar-refractivity contribution in [3.8, 4) is 0 Å². The number of hydrogen-bond donors (Lipinski definition) is 2. The third-order valence-electron chi connectivity index (χ3n) is 4.48. The van der Waals surface area contributed by atoms with Crippen molar-refractivity contribution in [3.63, 3.8) is 0 Å². The summed E-state index contributed by atoms with van der Waals surface area (Å²) in [5, 5.41) is 5.34. The summed E-state index contributed by atoms with van der Waals surface area (Å²) in [4.78, 5) is 24.0. The number of nitrogens with zero attached hydrogens (tertiary/aromatic N) is 1. The molecule has 0 aliphatic heterocycles. The monoisotopic (exact) mass is 515 g/mol. The van der Waals surface area contributed by atoms with Crippen LogP contribution < -0.4 is 14.9 Å². The molecule has 0 aliphatic carbocycles. The summed E-state index contributed by atoms with van der Waals surface area (Å²) in [5.74, 6) is -0.708. The molecule has 3 aromatic rings. The normalized spacial score (nSPS) is 11.0. The van der Waals surface area contributed by atoms with Crippen LogP contribution in [0, 0.1) is 6.92 Å². The minimum atomic E-state index is -3.99. The highest BCUT2D eigenvalue weighted by molar-refractivity contribution is 9.10. The summed E-state index contributed by atoms with van der Waals surface area (Å²) in [6.07, 6.45) is 0. The third kappa shape index (κ3) is 5.95. The van der Waals surface area contributed by atoms with E-state index in [2.05, 4.69) is 26.6 Å². The first-order valence-corrected chi connectivity index (χ1v) is 11.9. The number of halogens is 1. The molecule has 0 heterocycles. The van der Waals surface area contributed by atoms with Crippen molar-refractivity contribution in [2.24, 2.45) is 0 Å². The molecule has 32 heavy (non-hydrogen) atoms. The van der Waals surface area contributed by atoms with Gasteiger partial charge in [0.2, 0.25) is 11.8 Å². The van der Waals surface area contributed by atoms with Crippen molar-refractivity contribution in [2.45, 2.75) is 18.7 Å². The number of amides is 2. The number of carbonyl (C=O) groups excluding carboxylic acids is 2. The lowest BCUT2D eigenvalue weighted by atomic mass is 10.2. The Morgan fingerprint density at radius 3 is 2.06 bits per heavy atom. The van der Waals surface area contributed by atoms with E-state index in [0.29, 0.717) is 21.5 Å². The number of nitrogens with one attached hydrogen (secondary N) is 2. The Bertz CT molecular complexity index is 1230. The van der Waals surface area contributed by atoms with Gasteiger partial charge in [-0.3, -0.25) is 13.9 Å². The highest BCUT2D eigenvalue weighted by Gasteiger charge is 2.27. The fraction of sp³-hybridized carbons (Fsp3) is 0.130. The summed E-state index contributed by atoms with van der Waals surface area (Å²) in [5.41, 5.74) is 2.36. The van der Waals surface area contributed by atoms with Gasteiger partial charge in [0.25, 0.3) is 10.0 Å². The molecule has 0 atom stereocenters. The van der Waals surface area contributed by atoms with Crippen LogP contribution in [-0.2, 0) is 19.6 Å². The van der Waals surface area contributed by atoms with E-state index < -0.39 is 22.5 Å². The van der Waals surface area contributed by atoms with Gasteiger partial charge < -0.3 is 10.6 Å². The molecule has 0 fully saturated rings. The first kappa shape index (κ1) is 23.5. The zero-order valence-electron chi connectivity index (χ0n) is 17.5. The number of aryl methyl sites for hydroxylation is 1. The van der Waals surface area contributed by atoms with Gasteiger partial charge in [0.1, 0.15) is 6.54 Å². The number of anilines is 3. The molecule has 0 aromatic heterocycles. The second-order valence-electron chi connectivity index (χ2n) is 7.11. The van der Waals surface area contributed by atoms with Gasteiger partial charge in [-0.15, -0.1) is 0 Å². The molecular weight excluding hydrogens is 494 g/mol. The zero-order valence-corrected chi connectivity index (χ0v) is 19.9. The SMILES string of the molecule is CC(=O)Nc1ccc(NC(=O)CN(c2cccc(Br)c2)S(=O)(=O)c2ccc(C)cc2)cc1. The van der Waals surface area contributed by atoms with Crippen molar-refractivity contribution in [1.82, 2.24) is 0 Å². The lowest BCUT2D eigenvalue weighted by Gasteiger charge is -2.24. The topological polar surface area (TPSA) is 95.6 Å². The van der Waals surface area contributed by atoms with Gasteiger partial charge in [-0.05, 0) is 61.5 Å². The van der Waals surface area contributed by atoms with E-state index in [4.69, 9.17) is 0 Å². The molecule has 2 N–H and O–H groups in total. The first-order valence-electron chi connectivity index (χ1n) is 9.67. The molecule has 0 bridgehead atoms. The van der Waals surface area contributed by atoms with E-state index in [1.165, 1.54) is 19.1 Å². The van der Waals surface area contributed by atoms with Crippen LogP contribution in [0.15, 0.2) is 82.2 Å². The average Bonchev–Trinajstić information content (AvgIpc) is 2.73. The number of carbonyl (C=O) groups is 2. The van der Waals surface area contributed by atoms with Gasteiger partial charge in [-0.25, -0.2) is 8.42 Å². The second kappa shape index (κ2) is 9.97. The molecule has 3 aromatic carbocycles. The number of sulfonamides is 1. The largest absolute Gasteiger partial charge is 0.326 e. The first-order chi connectivity index (χ1) is 15.1. The Kier molecular flexibility index (Phi) is 7.32. The van der Waals surface area contributed by atoms with Crippen LogP contribution >= 0.6 is 15.9 Å². The Morgan fingerprint density at radius 1 is 0.906 bits per heavy atom. The van der Waals surface area contributed by atoms with Gasteiger partial charge >= 0.3 is 0 Å². The molecule has 0 radical (unpaired) electrons. The molecule has 0 aliphatic rings. The fourth-order valence-corrected chi connectivity index (χ4v) is 4.75. The minimum absolute atomic E-state index is 0.0931.